The lowest BCUT2D eigenvalue weighted by Gasteiger charge is -2.27. The zero-order valence-corrected chi connectivity index (χ0v) is 14.1. The largest absolute Gasteiger partial charge is 0.354 e. The molecule has 4 nitrogen and oxygen atoms in total. The van der Waals surface area contributed by atoms with Crippen LogP contribution in [-0.4, -0.2) is 23.3 Å². The molecule has 0 spiro atoms. The van der Waals surface area contributed by atoms with Crippen molar-refractivity contribution in [2.24, 2.45) is 5.92 Å². The van der Waals surface area contributed by atoms with Crippen molar-refractivity contribution in [3.8, 4) is 6.07 Å². The maximum absolute atomic E-state index is 9.60. The van der Waals surface area contributed by atoms with E-state index in [0.717, 1.165) is 61.4 Å². The molecule has 0 radical (unpaired) electrons. The number of aryl methyl sites for hydroxylation is 1. The van der Waals surface area contributed by atoms with E-state index < -0.39 is 0 Å². The van der Waals surface area contributed by atoms with Crippen molar-refractivity contribution in [1.82, 2.24) is 10.2 Å². The lowest BCUT2D eigenvalue weighted by molar-refractivity contribution is 0.483. The summed E-state index contributed by atoms with van der Waals surface area (Å²) >= 11 is 0. The zero-order valence-electron chi connectivity index (χ0n) is 14.1. The fourth-order valence-corrected chi connectivity index (χ4v) is 2.72. The summed E-state index contributed by atoms with van der Waals surface area (Å²) in [5.74, 6) is 1.40. The highest BCUT2D eigenvalue weighted by Crippen LogP contribution is 2.24. The lowest BCUT2D eigenvalue weighted by Crippen LogP contribution is -2.31. The van der Waals surface area contributed by atoms with E-state index in [1.165, 1.54) is 0 Å². The fourth-order valence-electron chi connectivity index (χ4n) is 2.72. The Morgan fingerprint density at radius 3 is 2.14 bits per heavy atom. The minimum Gasteiger partial charge on any atom is -0.354 e. The second kappa shape index (κ2) is 8.61. The number of nitrogens with zero attached hydrogens (tertiary/aromatic N) is 4. The van der Waals surface area contributed by atoms with Gasteiger partial charge in [-0.1, -0.05) is 40.5 Å². The van der Waals surface area contributed by atoms with E-state index in [1.54, 1.807) is 0 Å². The Morgan fingerprint density at radius 1 is 1.05 bits per heavy atom. The van der Waals surface area contributed by atoms with Crippen molar-refractivity contribution in [3.05, 3.63) is 16.8 Å². The van der Waals surface area contributed by atoms with Gasteiger partial charge in [-0.3, -0.25) is 0 Å². The third-order valence-corrected chi connectivity index (χ3v) is 4.25. The minimum atomic E-state index is 0.634. The molecular formula is C17H28N4. The number of anilines is 1. The molecule has 0 N–H and O–H groups in total. The van der Waals surface area contributed by atoms with Gasteiger partial charge in [-0.15, -0.1) is 5.10 Å². The van der Waals surface area contributed by atoms with Crippen molar-refractivity contribution < 1.29 is 0 Å². The van der Waals surface area contributed by atoms with Crippen molar-refractivity contribution >= 4 is 5.82 Å². The van der Waals surface area contributed by atoms with Gasteiger partial charge in [0.2, 0.25) is 0 Å². The highest BCUT2D eigenvalue weighted by atomic mass is 15.3. The number of aromatic nitrogens is 2. The molecule has 0 fully saturated rings. The van der Waals surface area contributed by atoms with Crippen LogP contribution in [-0.2, 0) is 12.8 Å². The van der Waals surface area contributed by atoms with Gasteiger partial charge in [-0.05, 0) is 31.2 Å². The quantitative estimate of drug-likeness (QED) is 0.731. The predicted octanol–water partition coefficient (Wildman–Crippen LogP) is 3.74. The average Bonchev–Trinajstić information content (AvgIpc) is 2.54. The molecule has 0 atom stereocenters. The third kappa shape index (κ3) is 3.93. The first kappa shape index (κ1) is 17.4. The number of hydrogen-bond acceptors (Lipinski definition) is 4. The molecule has 116 valence electrons. The number of rotatable bonds is 8. The summed E-state index contributed by atoms with van der Waals surface area (Å²) in [5.41, 5.74) is 2.74. The van der Waals surface area contributed by atoms with Gasteiger partial charge < -0.3 is 4.90 Å². The molecule has 0 aliphatic carbocycles. The molecule has 0 aliphatic heterocycles. The first-order chi connectivity index (χ1) is 10.2. The molecule has 21 heavy (non-hydrogen) atoms. The second-order valence-electron chi connectivity index (χ2n) is 5.36. The second-order valence-corrected chi connectivity index (χ2v) is 5.36. The van der Waals surface area contributed by atoms with Crippen LogP contribution in [0.3, 0.4) is 0 Å². The zero-order chi connectivity index (χ0) is 15.8. The van der Waals surface area contributed by atoms with Crippen LogP contribution in [0.4, 0.5) is 5.82 Å². The molecule has 0 aliphatic rings. The van der Waals surface area contributed by atoms with Gasteiger partial charge in [0.05, 0.1) is 5.69 Å². The Morgan fingerprint density at radius 2 is 1.71 bits per heavy atom. The van der Waals surface area contributed by atoms with E-state index in [9.17, 15) is 5.26 Å². The van der Waals surface area contributed by atoms with Crippen molar-refractivity contribution in [2.45, 2.75) is 60.3 Å². The molecule has 1 aromatic rings. The molecule has 1 heterocycles. The van der Waals surface area contributed by atoms with Crippen molar-refractivity contribution in [1.29, 1.82) is 5.26 Å². The van der Waals surface area contributed by atoms with Crippen LogP contribution in [0, 0.1) is 17.2 Å². The molecule has 1 aromatic heterocycles. The van der Waals surface area contributed by atoms with Crippen molar-refractivity contribution in [3.63, 3.8) is 0 Å². The molecule has 0 saturated heterocycles. The molecular weight excluding hydrogens is 260 g/mol. The van der Waals surface area contributed by atoms with Gasteiger partial charge >= 0.3 is 0 Å². The highest BCUT2D eigenvalue weighted by molar-refractivity contribution is 5.58. The van der Waals surface area contributed by atoms with E-state index in [1.807, 2.05) is 0 Å². The fraction of sp³-hybridized carbons (Fsp3) is 0.706. The summed E-state index contributed by atoms with van der Waals surface area (Å²) in [6.45, 7) is 12.5. The minimum absolute atomic E-state index is 0.634. The molecule has 0 unspecified atom stereocenters. The molecule has 1 rings (SSSR count). The molecule has 0 bridgehead atoms. The van der Waals surface area contributed by atoms with Gasteiger partial charge in [0.1, 0.15) is 11.6 Å². The van der Waals surface area contributed by atoms with Gasteiger partial charge in [0, 0.05) is 13.1 Å². The van der Waals surface area contributed by atoms with Crippen LogP contribution in [0.2, 0.25) is 0 Å². The van der Waals surface area contributed by atoms with Gasteiger partial charge in [-0.25, -0.2) is 0 Å². The average molecular weight is 288 g/mol. The van der Waals surface area contributed by atoms with Gasteiger partial charge in [-0.2, -0.15) is 10.4 Å². The Labute approximate surface area is 129 Å². The van der Waals surface area contributed by atoms with E-state index in [0.29, 0.717) is 5.92 Å². The van der Waals surface area contributed by atoms with E-state index in [4.69, 9.17) is 0 Å². The molecule has 0 aromatic carbocycles. The monoisotopic (exact) mass is 288 g/mol. The molecule has 0 amide bonds. The van der Waals surface area contributed by atoms with Gasteiger partial charge in [0.25, 0.3) is 0 Å². The van der Waals surface area contributed by atoms with E-state index in [-0.39, 0.29) is 0 Å². The predicted molar refractivity (Wildman–Crippen MR) is 87.5 cm³/mol. The summed E-state index contributed by atoms with van der Waals surface area (Å²) < 4.78 is 0. The molecule has 4 heteroatoms. The lowest BCUT2D eigenvalue weighted by atomic mass is 10.0. The van der Waals surface area contributed by atoms with Crippen LogP contribution < -0.4 is 4.90 Å². The normalized spacial score (nSPS) is 10.7. The van der Waals surface area contributed by atoms with E-state index >= 15 is 0 Å². The van der Waals surface area contributed by atoms with Crippen LogP contribution in [0.5, 0.6) is 0 Å². The first-order valence-electron chi connectivity index (χ1n) is 8.19. The van der Waals surface area contributed by atoms with Crippen LogP contribution in [0.25, 0.3) is 0 Å². The summed E-state index contributed by atoms with van der Waals surface area (Å²) in [4.78, 5) is 2.21. The highest BCUT2D eigenvalue weighted by Gasteiger charge is 2.20. The van der Waals surface area contributed by atoms with Gasteiger partial charge in [0.15, 0.2) is 5.82 Å². The van der Waals surface area contributed by atoms with E-state index in [2.05, 4.69) is 55.8 Å². The number of nitriles is 1. The Balaban J connectivity index is 3.24. The first-order valence-corrected chi connectivity index (χ1v) is 8.19. The Kier molecular flexibility index (Phi) is 7.14. The summed E-state index contributed by atoms with van der Waals surface area (Å²) in [6.07, 6.45) is 3.95. The third-order valence-electron chi connectivity index (χ3n) is 4.25. The smallest absolute Gasteiger partial charge is 0.169 e. The number of hydrogen-bond donors (Lipinski definition) is 0. The van der Waals surface area contributed by atoms with Crippen LogP contribution >= 0.6 is 0 Å². The van der Waals surface area contributed by atoms with Crippen LogP contribution in [0.1, 0.15) is 64.3 Å². The van der Waals surface area contributed by atoms with Crippen LogP contribution in [0.15, 0.2) is 0 Å². The molecule has 0 saturated carbocycles. The van der Waals surface area contributed by atoms with Crippen molar-refractivity contribution in [2.75, 3.05) is 18.0 Å². The standard InChI is InChI=1S/C17H28N4/c1-6-13(7-2)12-21(10-5)17-15(11-18)14(8-3)16(9-4)19-20-17/h13H,6-10,12H2,1-5H3. The Bertz CT molecular complexity index is 486. The summed E-state index contributed by atoms with van der Waals surface area (Å²) in [6, 6.07) is 2.37. The Hall–Kier alpha value is -1.63. The summed E-state index contributed by atoms with van der Waals surface area (Å²) in [7, 11) is 0. The summed E-state index contributed by atoms with van der Waals surface area (Å²) in [5, 5.41) is 18.3. The maximum Gasteiger partial charge on any atom is 0.169 e. The topological polar surface area (TPSA) is 52.8 Å². The maximum atomic E-state index is 9.60. The SMILES string of the molecule is CCc1nnc(N(CC)CC(CC)CC)c(C#N)c1CC.